The van der Waals surface area contributed by atoms with Gasteiger partial charge in [0, 0.05) is 17.3 Å². The van der Waals surface area contributed by atoms with Crippen molar-refractivity contribution < 1.29 is 18.0 Å². The first-order valence-corrected chi connectivity index (χ1v) is 9.27. The summed E-state index contributed by atoms with van der Waals surface area (Å²) in [5.41, 5.74) is 0.269. The topological polar surface area (TPSA) is 64.2 Å². The van der Waals surface area contributed by atoms with E-state index in [1.54, 1.807) is 31.2 Å². The van der Waals surface area contributed by atoms with Crippen LogP contribution in [-0.4, -0.2) is 25.1 Å². The summed E-state index contributed by atoms with van der Waals surface area (Å²) < 4.78 is 41.4. The number of alkyl halides is 3. The van der Waals surface area contributed by atoms with Crippen LogP contribution in [-0.2, 0) is 6.18 Å². The highest BCUT2D eigenvalue weighted by Gasteiger charge is 2.31. The molecule has 0 saturated heterocycles. The molecule has 3 heterocycles. The SMILES string of the molecule is Cc1cc(NC(=O)c2cnc3cc(C(F)(F)F)ccn23)n(-c2cc(Cl)ccc2Cl)n1. The van der Waals surface area contributed by atoms with E-state index in [9.17, 15) is 18.0 Å². The van der Waals surface area contributed by atoms with Crippen LogP contribution in [0.25, 0.3) is 11.3 Å². The molecule has 4 aromatic rings. The largest absolute Gasteiger partial charge is 0.416 e. The molecule has 30 heavy (non-hydrogen) atoms. The Morgan fingerprint density at radius 2 is 1.90 bits per heavy atom. The summed E-state index contributed by atoms with van der Waals surface area (Å²) >= 11 is 12.3. The number of hydrogen-bond donors (Lipinski definition) is 1. The molecule has 0 unspecified atom stereocenters. The molecule has 1 aromatic carbocycles. The first-order valence-electron chi connectivity index (χ1n) is 8.51. The van der Waals surface area contributed by atoms with Crippen molar-refractivity contribution in [3.05, 3.63) is 75.8 Å². The van der Waals surface area contributed by atoms with Crippen molar-refractivity contribution in [2.75, 3.05) is 5.32 Å². The third-order valence-electron chi connectivity index (χ3n) is 4.28. The van der Waals surface area contributed by atoms with Crippen LogP contribution in [0.2, 0.25) is 10.0 Å². The summed E-state index contributed by atoms with van der Waals surface area (Å²) in [5.74, 6) is -0.273. The van der Waals surface area contributed by atoms with E-state index in [1.807, 2.05) is 0 Å². The van der Waals surface area contributed by atoms with Gasteiger partial charge in [0.15, 0.2) is 0 Å². The lowest BCUT2D eigenvalue weighted by atomic mass is 10.2. The second-order valence-corrected chi connectivity index (χ2v) is 7.26. The van der Waals surface area contributed by atoms with Gasteiger partial charge < -0.3 is 5.32 Å². The van der Waals surface area contributed by atoms with Crippen LogP contribution in [0.1, 0.15) is 21.7 Å². The fraction of sp³-hybridized carbons (Fsp3) is 0.105. The second kappa shape index (κ2) is 7.33. The van der Waals surface area contributed by atoms with E-state index >= 15 is 0 Å². The van der Waals surface area contributed by atoms with Crippen LogP contribution >= 0.6 is 23.2 Å². The number of nitrogens with zero attached hydrogens (tertiary/aromatic N) is 4. The molecule has 154 valence electrons. The van der Waals surface area contributed by atoms with Crippen molar-refractivity contribution in [3.63, 3.8) is 0 Å². The maximum atomic E-state index is 12.9. The van der Waals surface area contributed by atoms with Gasteiger partial charge in [0.1, 0.15) is 17.2 Å². The molecule has 0 fully saturated rings. The van der Waals surface area contributed by atoms with Gasteiger partial charge in [0.25, 0.3) is 5.91 Å². The quantitative estimate of drug-likeness (QED) is 0.451. The number of fused-ring (bicyclic) bond motifs is 1. The Balaban J connectivity index is 1.69. The lowest BCUT2D eigenvalue weighted by Gasteiger charge is -2.11. The molecule has 0 spiro atoms. The van der Waals surface area contributed by atoms with Crippen LogP contribution < -0.4 is 5.32 Å². The molecule has 0 radical (unpaired) electrons. The smallest absolute Gasteiger partial charge is 0.305 e. The Morgan fingerprint density at radius 1 is 1.13 bits per heavy atom. The highest BCUT2D eigenvalue weighted by atomic mass is 35.5. The number of aromatic nitrogens is 4. The number of hydrogen-bond acceptors (Lipinski definition) is 3. The molecule has 0 aliphatic rings. The summed E-state index contributed by atoms with van der Waals surface area (Å²) in [6, 6.07) is 8.20. The van der Waals surface area contributed by atoms with Crippen molar-refractivity contribution in [3.8, 4) is 5.69 Å². The van der Waals surface area contributed by atoms with Crippen molar-refractivity contribution in [1.29, 1.82) is 0 Å². The number of benzene rings is 1. The van der Waals surface area contributed by atoms with Gasteiger partial charge in [-0.25, -0.2) is 9.67 Å². The molecule has 0 aliphatic heterocycles. The minimum absolute atomic E-state index is 0.00227. The Kier molecular flexibility index (Phi) is 4.95. The monoisotopic (exact) mass is 453 g/mol. The predicted octanol–water partition coefficient (Wildman–Crippen LogP) is 5.41. The number of anilines is 1. The van der Waals surface area contributed by atoms with Crippen molar-refractivity contribution in [1.82, 2.24) is 19.2 Å². The van der Waals surface area contributed by atoms with E-state index in [0.29, 0.717) is 27.2 Å². The zero-order chi connectivity index (χ0) is 21.6. The van der Waals surface area contributed by atoms with Gasteiger partial charge in [-0.05, 0) is 37.3 Å². The minimum Gasteiger partial charge on any atom is -0.305 e. The average Bonchev–Trinajstić information content (AvgIpc) is 3.25. The summed E-state index contributed by atoms with van der Waals surface area (Å²) in [5, 5.41) is 7.82. The molecule has 3 aromatic heterocycles. The lowest BCUT2D eigenvalue weighted by Crippen LogP contribution is -2.17. The number of carbonyl (C=O) groups is 1. The number of amides is 1. The molecule has 6 nitrogen and oxygen atoms in total. The van der Waals surface area contributed by atoms with E-state index in [1.165, 1.54) is 15.3 Å². The number of rotatable bonds is 3. The Bertz CT molecular complexity index is 1280. The van der Waals surface area contributed by atoms with Crippen molar-refractivity contribution >= 4 is 40.6 Å². The number of pyridine rings is 1. The average molecular weight is 454 g/mol. The minimum atomic E-state index is -4.50. The van der Waals surface area contributed by atoms with E-state index in [-0.39, 0.29) is 11.3 Å². The molecule has 1 amide bonds. The van der Waals surface area contributed by atoms with Gasteiger partial charge in [-0.1, -0.05) is 23.2 Å². The lowest BCUT2D eigenvalue weighted by molar-refractivity contribution is -0.137. The molecule has 11 heteroatoms. The highest BCUT2D eigenvalue weighted by Crippen LogP contribution is 2.30. The summed E-state index contributed by atoms with van der Waals surface area (Å²) in [4.78, 5) is 16.7. The zero-order valence-electron chi connectivity index (χ0n) is 15.2. The molecule has 0 aliphatic carbocycles. The number of imidazole rings is 1. The summed E-state index contributed by atoms with van der Waals surface area (Å²) in [6.45, 7) is 1.73. The van der Waals surface area contributed by atoms with E-state index in [2.05, 4.69) is 15.4 Å². The van der Waals surface area contributed by atoms with Gasteiger partial charge in [-0.2, -0.15) is 18.3 Å². The number of carbonyl (C=O) groups excluding carboxylic acids is 1. The van der Waals surface area contributed by atoms with Gasteiger partial charge in [0.2, 0.25) is 0 Å². The number of halogens is 5. The van der Waals surface area contributed by atoms with Crippen LogP contribution in [0.3, 0.4) is 0 Å². The van der Waals surface area contributed by atoms with Crippen LogP contribution in [0, 0.1) is 6.92 Å². The van der Waals surface area contributed by atoms with E-state index in [4.69, 9.17) is 23.2 Å². The molecule has 4 rings (SSSR count). The Labute approximate surface area is 177 Å². The van der Waals surface area contributed by atoms with Gasteiger partial charge >= 0.3 is 6.18 Å². The van der Waals surface area contributed by atoms with E-state index in [0.717, 1.165) is 18.3 Å². The van der Waals surface area contributed by atoms with Gasteiger partial charge in [-0.3, -0.25) is 9.20 Å². The summed E-state index contributed by atoms with van der Waals surface area (Å²) in [7, 11) is 0. The van der Waals surface area contributed by atoms with Crippen LogP contribution in [0.4, 0.5) is 19.0 Å². The van der Waals surface area contributed by atoms with Crippen LogP contribution in [0.15, 0.2) is 48.8 Å². The van der Waals surface area contributed by atoms with Crippen LogP contribution in [0.5, 0.6) is 0 Å². The molecule has 1 N–H and O–H groups in total. The third-order valence-corrected chi connectivity index (χ3v) is 4.84. The van der Waals surface area contributed by atoms with Gasteiger partial charge in [0.05, 0.1) is 28.2 Å². The van der Waals surface area contributed by atoms with Crippen molar-refractivity contribution in [2.45, 2.75) is 13.1 Å². The Hall–Kier alpha value is -3.04. The summed E-state index contributed by atoms with van der Waals surface area (Å²) in [6.07, 6.45) is -2.16. The first kappa shape index (κ1) is 20.2. The fourth-order valence-corrected chi connectivity index (χ4v) is 3.29. The maximum Gasteiger partial charge on any atom is 0.416 e. The second-order valence-electron chi connectivity index (χ2n) is 6.42. The molecule has 0 atom stereocenters. The highest BCUT2D eigenvalue weighted by molar-refractivity contribution is 6.34. The Morgan fingerprint density at radius 3 is 2.63 bits per heavy atom. The standard InChI is InChI=1S/C19H12Cl2F3N5O/c1-10-6-17(29(27-10)14-8-12(20)2-3-13(14)21)26-18(30)15-9-25-16-7-11(19(22,23)24)4-5-28(15)16/h2-9H,1H3,(H,26,30). The number of nitrogens with one attached hydrogen (secondary N) is 1. The first-order chi connectivity index (χ1) is 14.1. The number of aryl methyl sites for hydroxylation is 1. The molecular weight excluding hydrogens is 442 g/mol. The predicted molar refractivity (Wildman–Crippen MR) is 106 cm³/mol. The van der Waals surface area contributed by atoms with Crippen molar-refractivity contribution in [2.24, 2.45) is 0 Å². The van der Waals surface area contributed by atoms with Gasteiger partial charge in [-0.15, -0.1) is 0 Å². The molecular formula is C19H12Cl2F3N5O. The fourth-order valence-electron chi connectivity index (χ4n) is 2.93. The molecule has 0 bridgehead atoms. The van der Waals surface area contributed by atoms with E-state index < -0.39 is 17.6 Å². The maximum absolute atomic E-state index is 12.9. The third kappa shape index (κ3) is 3.73. The normalized spacial score (nSPS) is 11.8. The molecule has 0 saturated carbocycles. The zero-order valence-corrected chi connectivity index (χ0v) is 16.7.